The van der Waals surface area contributed by atoms with E-state index in [1.807, 2.05) is 12.1 Å². The summed E-state index contributed by atoms with van der Waals surface area (Å²) in [6.45, 7) is 4.80. The van der Waals surface area contributed by atoms with Crippen LogP contribution in [0.15, 0.2) is 36.5 Å². The van der Waals surface area contributed by atoms with Crippen LogP contribution in [-0.4, -0.2) is 71.1 Å². The van der Waals surface area contributed by atoms with Gasteiger partial charge in [0.15, 0.2) is 0 Å². The minimum absolute atomic E-state index is 0.137. The second-order valence-corrected chi connectivity index (χ2v) is 7.10. The van der Waals surface area contributed by atoms with E-state index in [0.717, 1.165) is 25.1 Å². The number of hydrogen-bond donors (Lipinski definition) is 0. The summed E-state index contributed by atoms with van der Waals surface area (Å²) in [6.07, 6.45) is 3.37. The first-order valence-electron chi connectivity index (χ1n) is 10.1. The van der Waals surface area contributed by atoms with Gasteiger partial charge in [-0.3, -0.25) is 4.79 Å². The number of rotatable bonds is 3. The van der Waals surface area contributed by atoms with E-state index in [1.165, 1.54) is 5.56 Å². The van der Waals surface area contributed by atoms with Crippen LogP contribution in [0.2, 0.25) is 0 Å². The second-order valence-electron chi connectivity index (χ2n) is 7.10. The van der Waals surface area contributed by atoms with E-state index in [1.54, 1.807) is 29.0 Å². The third-order valence-corrected chi connectivity index (χ3v) is 5.31. The lowest BCUT2D eigenvalue weighted by Crippen LogP contribution is -2.50. The van der Waals surface area contributed by atoms with Gasteiger partial charge in [-0.15, -0.1) is 0 Å². The van der Waals surface area contributed by atoms with Crippen LogP contribution in [0.5, 0.6) is 0 Å². The molecule has 1 fully saturated rings. The quantitative estimate of drug-likeness (QED) is 0.794. The number of fused-ring (bicyclic) bond motifs is 1. The van der Waals surface area contributed by atoms with Gasteiger partial charge in [0.2, 0.25) is 5.95 Å². The summed E-state index contributed by atoms with van der Waals surface area (Å²) in [4.78, 5) is 39.2. The molecule has 1 saturated heterocycles. The maximum atomic E-state index is 13.0. The summed E-state index contributed by atoms with van der Waals surface area (Å²) >= 11 is 0. The SMILES string of the molecule is CCOC(=O)N1CCN(C(=O)c2ccnc(N3CCCc4ccccc43)n2)CC1. The summed E-state index contributed by atoms with van der Waals surface area (Å²) in [5, 5.41) is 0. The van der Waals surface area contributed by atoms with E-state index in [0.29, 0.717) is 44.4 Å². The molecule has 0 N–H and O–H groups in total. The molecule has 0 bridgehead atoms. The highest BCUT2D eigenvalue weighted by atomic mass is 16.6. The van der Waals surface area contributed by atoms with Crippen molar-refractivity contribution in [3.05, 3.63) is 47.8 Å². The zero-order chi connectivity index (χ0) is 20.2. The van der Waals surface area contributed by atoms with Gasteiger partial charge in [0.1, 0.15) is 5.69 Å². The molecule has 8 heteroatoms. The number of aryl methyl sites for hydroxylation is 1. The van der Waals surface area contributed by atoms with Crippen molar-refractivity contribution in [3.63, 3.8) is 0 Å². The molecule has 29 heavy (non-hydrogen) atoms. The maximum absolute atomic E-state index is 13.0. The first-order chi connectivity index (χ1) is 14.2. The molecule has 0 radical (unpaired) electrons. The lowest BCUT2D eigenvalue weighted by molar-refractivity contribution is 0.0566. The van der Waals surface area contributed by atoms with Gasteiger partial charge < -0.3 is 19.4 Å². The van der Waals surface area contributed by atoms with Gasteiger partial charge in [0.05, 0.1) is 6.61 Å². The van der Waals surface area contributed by atoms with Crippen molar-refractivity contribution in [3.8, 4) is 0 Å². The summed E-state index contributed by atoms with van der Waals surface area (Å²) in [7, 11) is 0. The second kappa shape index (κ2) is 8.46. The van der Waals surface area contributed by atoms with Crippen LogP contribution in [0.1, 0.15) is 29.4 Å². The predicted octanol–water partition coefficient (Wildman–Crippen LogP) is 2.48. The Hall–Kier alpha value is -3.16. The maximum Gasteiger partial charge on any atom is 0.409 e. The molecule has 0 saturated carbocycles. The minimum atomic E-state index is -0.326. The van der Waals surface area contributed by atoms with Crippen LogP contribution in [0, 0.1) is 0 Å². The minimum Gasteiger partial charge on any atom is -0.450 e. The fourth-order valence-corrected chi connectivity index (χ4v) is 3.81. The van der Waals surface area contributed by atoms with Gasteiger partial charge in [0.25, 0.3) is 5.91 Å². The number of carbonyl (C=O) groups is 2. The Kier molecular flexibility index (Phi) is 5.59. The first-order valence-corrected chi connectivity index (χ1v) is 10.1. The molecule has 4 rings (SSSR count). The number of piperazine rings is 1. The predicted molar refractivity (Wildman–Crippen MR) is 108 cm³/mol. The van der Waals surface area contributed by atoms with Crippen molar-refractivity contribution in [2.45, 2.75) is 19.8 Å². The van der Waals surface area contributed by atoms with Crippen LogP contribution in [0.4, 0.5) is 16.4 Å². The summed E-state index contributed by atoms with van der Waals surface area (Å²) < 4.78 is 5.03. The normalized spacial score (nSPS) is 16.4. The molecule has 0 spiro atoms. The van der Waals surface area contributed by atoms with Crippen LogP contribution >= 0.6 is 0 Å². The van der Waals surface area contributed by atoms with Gasteiger partial charge >= 0.3 is 6.09 Å². The number of carbonyl (C=O) groups excluding carboxylic acids is 2. The first kappa shape index (κ1) is 19.2. The largest absolute Gasteiger partial charge is 0.450 e. The fourth-order valence-electron chi connectivity index (χ4n) is 3.81. The standard InChI is InChI=1S/C21H25N5O3/c1-2-29-21(28)25-14-12-24(13-15-25)19(27)17-9-10-22-20(23-17)26-11-5-7-16-6-3-4-8-18(16)26/h3-4,6,8-10H,2,5,7,11-15H2,1H3. The number of nitrogens with zero attached hydrogens (tertiary/aromatic N) is 5. The molecule has 1 aromatic heterocycles. The van der Waals surface area contributed by atoms with Gasteiger partial charge in [-0.2, -0.15) is 0 Å². The number of ether oxygens (including phenoxy) is 1. The summed E-state index contributed by atoms with van der Waals surface area (Å²) in [6, 6.07) is 9.90. The van der Waals surface area contributed by atoms with Crippen molar-refractivity contribution < 1.29 is 14.3 Å². The molecule has 2 amide bonds. The van der Waals surface area contributed by atoms with Crippen molar-refractivity contribution >= 4 is 23.6 Å². The molecular weight excluding hydrogens is 370 g/mol. The van der Waals surface area contributed by atoms with Crippen LogP contribution < -0.4 is 4.90 Å². The molecule has 1 aromatic carbocycles. The molecule has 152 valence electrons. The van der Waals surface area contributed by atoms with Crippen LogP contribution in [-0.2, 0) is 11.2 Å². The Labute approximate surface area is 170 Å². The molecule has 2 aliphatic rings. The topological polar surface area (TPSA) is 78.9 Å². The van der Waals surface area contributed by atoms with E-state index in [2.05, 4.69) is 27.0 Å². The third kappa shape index (κ3) is 4.01. The van der Waals surface area contributed by atoms with Gasteiger partial charge in [-0.05, 0) is 37.5 Å². The number of aromatic nitrogens is 2. The smallest absolute Gasteiger partial charge is 0.409 e. The highest BCUT2D eigenvalue weighted by Gasteiger charge is 2.27. The Morgan fingerprint density at radius 2 is 1.79 bits per heavy atom. The Morgan fingerprint density at radius 1 is 1.03 bits per heavy atom. The average Bonchev–Trinajstić information content (AvgIpc) is 2.78. The van der Waals surface area contributed by atoms with Crippen LogP contribution in [0.3, 0.4) is 0 Å². The van der Waals surface area contributed by atoms with Crippen molar-refractivity contribution in [2.75, 3.05) is 44.2 Å². The molecule has 0 aliphatic carbocycles. The lowest BCUT2D eigenvalue weighted by atomic mass is 10.0. The molecule has 2 aliphatic heterocycles. The van der Waals surface area contributed by atoms with Crippen molar-refractivity contribution in [1.29, 1.82) is 0 Å². The van der Waals surface area contributed by atoms with E-state index >= 15 is 0 Å². The highest BCUT2D eigenvalue weighted by Crippen LogP contribution is 2.31. The Morgan fingerprint density at radius 3 is 2.59 bits per heavy atom. The zero-order valence-electron chi connectivity index (χ0n) is 16.6. The fraction of sp³-hybridized carbons (Fsp3) is 0.429. The summed E-state index contributed by atoms with van der Waals surface area (Å²) in [5.74, 6) is 0.413. The molecule has 3 heterocycles. The van der Waals surface area contributed by atoms with Crippen molar-refractivity contribution in [2.24, 2.45) is 0 Å². The molecule has 0 unspecified atom stereocenters. The zero-order valence-corrected chi connectivity index (χ0v) is 16.6. The molecule has 8 nitrogen and oxygen atoms in total. The number of hydrogen-bond acceptors (Lipinski definition) is 6. The molecule has 0 atom stereocenters. The van der Waals surface area contributed by atoms with Gasteiger partial charge in [-0.1, -0.05) is 18.2 Å². The molecule has 2 aromatic rings. The molecular formula is C21H25N5O3. The lowest BCUT2D eigenvalue weighted by Gasteiger charge is -2.34. The van der Waals surface area contributed by atoms with Gasteiger partial charge in [-0.25, -0.2) is 14.8 Å². The van der Waals surface area contributed by atoms with Gasteiger partial charge in [0, 0.05) is 44.6 Å². The summed E-state index contributed by atoms with van der Waals surface area (Å²) in [5.41, 5.74) is 2.75. The van der Waals surface area contributed by atoms with E-state index in [-0.39, 0.29) is 12.0 Å². The van der Waals surface area contributed by atoms with Crippen molar-refractivity contribution in [1.82, 2.24) is 19.8 Å². The number of benzene rings is 1. The van der Waals surface area contributed by atoms with E-state index in [4.69, 9.17) is 4.74 Å². The Balaban J connectivity index is 1.47. The number of para-hydroxylation sites is 1. The van der Waals surface area contributed by atoms with E-state index < -0.39 is 0 Å². The van der Waals surface area contributed by atoms with Crippen LogP contribution in [0.25, 0.3) is 0 Å². The number of amides is 2. The third-order valence-electron chi connectivity index (χ3n) is 5.31. The number of anilines is 2. The Bertz CT molecular complexity index is 895. The van der Waals surface area contributed by atoms with E-state index in [9.17, 15) is 9.59 Å². The monoisotopic (exact) mass is 395 g/mol. The highest BCUT2D eigenvalue weighted by molar-refractivity contribution is 5.92. The average molecular weight is 395 g/mol.